The summed E-state index contributed by atoms with van der Waals surface area (Å²) in [5, 5.41) is 8.63. The van der Waals surface area contributed by atoms with Crippen LogP contribution in [0.25, 0.3) is 0 Å². The van der Waals surface area contributed by atoms with E-state index in [4.69, 9.17) is 10.5 Å². The van der Waals surface area contributed by atoms with Gasteiger partial charge in [0, 0.05) is 12.3 Å². The van der Waals surface area contributed by atoms with Crippen LogP contribution in [0.5, 0.6) is 5.75 Å². The van der Waals surface area contributed by atoms with Gasteiger partial charge >= 0.3 is 0 Å². The second-order valence-electron chi connectivity index (χ2n) is 7.13. The summed E-state index contributed by atoms with van der Waals surface area (Å²) < 4.78 is 5.90. The van der Waals surface area contributed by atoms with E-state index in [1.807, 2.05) is 42.5 Å². The molecular weight excluding hydrogens is 380 g/mol. The molecule has 0 amide bonds. The summed E-state index contributed by atoms with van der Waals surface area (Å²) in [5.74, 6) is 1.65. The molecule has 2 aromatic carbocycles. The van der Waals surface area contributed by atoms with Gasteiger partial charge in [0.25, 0.3) is 0 Å². The zero-order valence-corrected chi connectivity index (χ0v) is 17.7. The molecule has 0 unspecified atom stereocenters. The lowest BCUT2D eigenvalue weighted by atomic mass is 10.1. The van der Waals surface area contributed by atoms with Gasteiger partial charge in [-0.3, -0.25) is 0 Å². The largest absolute Gasteiger partial charge is 0.494 e. The number of benzene rings is 2. The fourth-order valence-electron chi connectivity index (χ4n) is 3.26. The average Bonchev–Trinajstić information content (AvgIpc) is 2.77. The van der Waals surface area contributed by atoms with Crippen molar-refractivity contribution >= 4 is 23.1 Å². The maximum absolute atomic E-state index is 5.93. The monoisotopic (exact) mass is 410 g/mol. The van der Waals surface area contributed by atoms with Crippen LogP contribution in [-0.2, 0) is 5.75 Å². The van der Waals surface area contributed by atoms with Gasteiger partial charge in [0.1, 0.15) is 5.75 Å². The van der Waals surface area contributed by atoms with Crippen LogP contribution in [0.1, 0.15) is 36.8 Å². The first kappa shape index (κ1) is 21.4. The molecule has 1 aliphatic rings. The summed E-state index contributed by atoms with van der Waals surface area (Å²) in [7, 11) is 0. The Morgan fingerprint density at radius 1 is 1.07 bits per heavy atom. The number of ether oxygens (including phenoxy) is 1. The number of nitrogens with two attached hydrogens (primary N) is 1. The highest BCUT2D eigenvalue weighted by Crippen LogP contribution is 2.14. The number of rotatable bonds is 9. The van der Waals surface area contributed by atoms with E-state index >= 15 is 0 Å². The summed E-state index contributed by atoms with van der Waals surface area (Å²) in [6.45, 7) is 4.33. The first-order chi connectivity index (χ1) is 14.3. The Morgan fingerprint density at radius 3 is 2.72 bits per heavy atom. The summed E-state index contributed by atoms with van der Waals surface area (Å²) in [4.78, 5) is 2.54. The van der Waals surface area contributed by atoms with Crippen molar-refractivity contribution in [3.8, 4) is 5.75 Å². The highest BCUT2D eigenvalue weighted by atomic mass is 32.2. The average molecular weight is 411 g/mol. The lowest BCUT2D eigenvalue weighted by Gasteiger charge is -2.26. The number of amidine groups is 1. The minimum atomic E-state index is 0.454. The molecule has 3 rings (SSSR count). The van der Waals surface area contributed by atoms with Crippen molar-refractivity contribution < 1.29 is 4.74 Å². The number of piperidine rings is 1. The molecule has 0 aliphatic carbocycles. The third-order valence-corrected chi connectivity index (χ3v) is 5.64. The van der Waals surface area contributed by atoms with Gasteiger partial charge in [0.15, 0.2) is 5.17 Å². The topological polar surface area (TPSA) is 63.2 Å². The molecule has 0 aromatic heterocycles. The summed E-state index contributed by atoms with van der Waals surface area (Å²) in [5.41, 5.74) is 8.09. The Balaban J connectivity index is 1.40. The van der Waals surface area contributed by atoms with Gasteiger partial charge in [0.05, 0.1) is 12.8 Å². The number of thioether (sulfide) groups is 1. The van der Waals surface area contributed by atoms with E-state index < -0.39 is 0 Å². The van der Waals surface area contributed by atoms with E-state index in [1.54, 1.807) is 6.21 Å². The molecule has 29 heavy (non-hydrogen) atoms. The van der Waals surface area contributed by atoms with E-state index in [1.165, 1.54) is 49.7 Å². The van der Waals surface area contributed by atoms with Gasteiger partial charge < -0.3 is 15.4 Å². The van der Waals surface area contributed by atoms with E-state index in [0.717, 1.165) is 36.6 Å². The molecule has 0 spiro atoms. The van der Waals surface area contributed by atoms with Crippen LogP contribution in [0.3, 0.4) is 0 Å². The highest BCUT2D eigenvalue weighted by molar-refractivity contribution is 8.13. The number of nitrogens with zero attached hydrogens (tertiary/aromatic N) is 3. The molecule has 0 bridgehead atoms. The predicted octanol–water partition coefficient (Wildman–Crippen LogP) is 4.52. The molecule has 1 aliphatic heterocycles. The molecule has 154 valence electrons. The molecule has 0 radical (unpaired) electrons. The first-order valence-corrected chi connectivity index (χ1v) is 11.3. The smallest absolute Gasteiger partial charge is 0.180 e. The Morgan fingerprint density at radius 2 is 1.90 bits per heavy atom. The molecule has 2 aromatic rings. The summed E-state index contributed by atoms with van der Waals surface area (Å²) in [6, 6.07) is 18.1. The fourth-order valence-corrected chi connectivity index (χ4v) is 3.87. The van der Waals surface area contributed by atoms with Gasteiger partial charge in [-0.25, -0.2) is 0 Å². The lowest BCUT2D eigenvalue weighted by Crippen LogP contribution is -2.31. The van der Waals surface area contributed by atoms with E-state index in [9.17, 15) is 0 Å². The van der Waals surface area contributed by atoms with Crippen molar-refractivity contribution in [2.45, 2.75) is 31.4 Å². The minimum absolute atomic E-state index is 0.454. The molecule has 5 nitrogen and oxygen atoms in total. The van der Waals surface area contributed by atoms with E-state index in [-0.39, 0.29) is 0 Å². The van der Waals surface area contributed by atoms with Crippen molar-refractivity contribution in [1.82, 2.24) is 4.90 Å². The Bertz CT molecular complexity index is 788. The van der Waals surface area contributed by atoms with Gasteiger partial charge in [-0.15, -0.1) is 5.10 Å². The molecule has 6 heteroatoms. The molecule has 0 atom stereocenters. The Kier molecular flexibility index (Phi) is 9.07. The van der Waals surface area contributed by atoms with Crippen molar-refractivity contribution in [3.05, 3.63) is 65.7 Å². The maximum Gasteiger partial charge on any atom is 0.180 e. The van der Waals surface area contributed by atoms with E-state index in [2.05, 4.69) is 27.2 Å². The van der Waals surface area contributed by atoms with Gasteiger partial charge in [-0.1, -0.05) is 60.6 Å². The van der Waals surface area contributed by atoms with E-state index in [0.29, 0.717) is 5.17 Å². The van der Waals surface area contributed by atoms with Crippen LogP contribution in [0, 0.1) is 0 Å². The van der Waals surface area contributed by atoms with Crippen LogP contribution in [-0.4, -0.2) is 42.5 Å². The standard InChI is InChI=1S/C23H30N4OS/c24-23(29-19-20-9-3-1-4-10-20)26-25-18-21-11-7-12-22(17-21)28-16-8-15-27-13-5-2-6-14-27/h1,3-4,7,9-12,17-18H,2,5-6,8,13-16,19H2,(H2,24,26). The fraction of sp³-hybridized carbons (Fsp3) is 0.391. The Labute approximate surface area is 178 Å². The van der Waals surface area contributed by atoms with Crippen LogP contribution >= 0.6 is 11.8 Å². The molecule has 1 heterocycles. The van der Waals surface area contributed by atoms with Crippen LogP contribution in [0.15, 0.2) is 64.8 Å². The van der Waals surface area contributed by atoms with Gasteiger partial charge in [-0.05, 0) is 55.6 Å². The van der Waals surface area contributed by atoms with Crippen LogP contribution < -0.4 is 10.5 Å². The maximum atomic E-state index is 5.93. The van der Waals surface area contributed by atoms with Gasteiger partial charge in [-0.2, -0.15) is 5.10 Å². The second-order valence-corrected chi connectivity index (χ2v) is 8.13. The van der Waals surface area contributed by atoms with Crippen molar-refractivity contribution in [1.29, 1.82) is 0 Å². The SMILES string of the molecule is NC(=NN=Cc1cccc(OCCCN2CCCCC2)c1)SCc1ccccc1. The molecule has 0 saturated carbocycles. The molecule has 1 fully saturated rings. The number of hydrogen-bond acceptors (Lipinski definition) is 5. The number of hydrogen-bond donors (Lipinski definition) is 1. The molecule has 1 saturated heterocycles. The summed E-state index contributed by atoms with van der Waals surface area (Å²) >= 11 is 1.48. The summed E-state index contributed by atoms with van der Waals surface area (Å²) in [6.07, 6.45) is 6.80. The van der Waals surface area contributed by atoms with Crippen LogP contribution in [0.2, 0.25) is 0 Å². The van der Waals surface area contributed by atoms with Crippen LogP contribution in [0.4, 0.5) is 0 Å². The minimum Gasteiger partial charge on any atom is -0.494 e. The van der Waals surface area contributed by atoms with Crippen molar-refractivity contribution in [3.63, 3.8) is 0 Å². The number of likely N-dealkylation sites (tertiary alicyclic amines) is 1. The predicted molar refractivity (Wildman–Crippen MR) is 124 cm³/mol. The normalized spacial score (nSPS) is 15.7. The second kappa shape index (κ2) is 12.3. The molecular formula is C23H30N4OS. The first-order valence-electron chi connectivity index (χ1n) is 10.3. The Hall–Kier alpha value is -2.31. The zero-order chi connectivity index (χ0) is 20.2. The lowest BCUT2D eigenvalue weighted by molar-refractivity contribution is 0.205. The zero-order valence-electron chi connectivity index (χ0n) is 16.9. The quantitative estimate of drug-likeness (QED) is 0.286. The molecule has 2 N–H and O–H groups in total. The van der Waals surface area contributed by atoms with Crippen molar-refractivity contribution in [2.24, 2.45) is 15.9 Å². The highest BCUT2D eigenvalue weighted by Gasteiger charge is 2.09. The third-order valence-electron chi connectivity index (χ3n) is 4.79. The third kappa shape index (κ3) is 8.30. The van der Waals surface area contributed by atoms with Crippen molar-refractivity contribution in [2.75, 3.05) is 26.2 Å². The van der Waals surface area contributed by atoms with Gasteiger partial charge in [0.2, 0.25) is 0 Å².